The Morgan fingerprint density at radius 2 is 2.04 bits per heavy atom. The highest BCUT2D eigenvalue weighted by Gasteiger charge is 2.21. The monoisotopic (exact) mass is 335 g/mol. The molecule has 23 heavy (non-hydrogen) atoms. The van der Waals surface area contributed by atoms with Crippen molar-refractivity contribution < 1.29 is 13.9 Å². The fourth-order valence-corrected chi connectivity index (χ4v) is 2.83. The number of benzene rings is 2. The van der Waals surface area contributed by atoms with Crippen LogP contribution in [0.5, 0.6) is 5.75 Å². The van der Waals surface area contributed by atoms with E-state index in [-0.39, 0.29) is 16.9 Å². The second-order valence-electron chi connectivity index (χ2n) is 5.60. The molecule has 2 aromatic rings. The molecule has 0 unspecified atom stereocenters. The normalized spacial score (nSPS) is 18.8. The molecule has 2 aromatic carbocycles. The molecule has 0 aromatic heterocycles. The van der Waals surface area contributed by atoms with Crippen molar-refractivity contribution in [2.45, 2.75) is 12.6 Å². The van der Waals surface area contributed by atoms with E-state index >= 15 is 0 Å². The molecule has 1 heterocycles. The number of nitrogens with zero attached hydrogens (tertiary/aromatic N) is 1. The van der Waals surface area contributed by atoms with Gasteiger partial charge in [0.05, 0.1) is 11.6 Å². The first kappa shape index (κ1) is 16.2. The van der Waals surface area contributed by atoms with Crippen LogP contribution in [0.4, 0.5) is 4.39 Å². The summed E-state index contributed by atoms with van der Waals surface area (Å²) in [5.74, 6) is 0.463. The number of para-hydroxylation sites is 1. The predicted octanol–water partition coefficient (Wildman–Crippen LogP) is 3.76. The Balaban J connectivity index is 1.52. The van der Waals surface area contributed by atoms with E-state index in [1.54, 1.807) is 12.1 Å². The van der Waals surface area contributed by atoms with Crippen LogP contribution in [0.2, 0.25) is 5.02 Å². The van der Waals surface area contributed by atoms with Gasteiger partial charge in [-0.2, -0.15) is 0 Å². The summed E-state index contributed by atoms with van der Waals surface area (Å²) in [6, 6.07) is 14.6. The van der Waals surface area contributed by atoms with E-state index in [0.717, 1.165) is 30.9 Å². The van der Waals surface area contributed by atoms with Gasteiger partial charge < -0.3 is 9.47 Å². The summed E-state index contributed by atoms with van der Waals surface area (Å²) in [6.07, 6.45) is 0.0277. The van der Waals surface area contributed by atoms with Crippen molar-refractivity contribution in [1.82, 2.24) is 4.90 Å². The van der Waals surface area contributed by atoms with Crippen molar-refractivity contribution in [2.24, 2.45) is 0 Å². The number of hydrogen-bond donors (Lipinski definition) is 0. The topological polar surface area (TPSA) is 21.7 Å². The van der Waals surface area contributed by atoms with Crippen molar-refractivity contribution in [3.8, 4) is 5.75 Å². The van der Waals surface area contributed by atoms with Crippen LogP contribution >= 0.6 is 11.6 Å². The summed E-state index contributed by atoms with van der Waals surface area (Å²) in [5, 5.41) is 0.166. The Labute approximate surface area is 140 Å². The quantitative estimate of drug-likeness (QED) is 0.830. The number of morpholine rings is 1. The molecule has 0 N–H and O–H groups in total. The Morgan fingerprint density at radius 1 is 1.22 bits per heavy atom. The molecule has 0 aliphatic carbocycles. The van der Waals surface area contributed by atoms with Crippen LogP contribution in [0.25, 0.3) is 0 Å². The van der Waals surface area contributed by atoms with Crippen molar-refractivity contribution in [2.75, 3.05) is 26.3 Å². The third kappa shape index (κ3) is 4.67. The molecular formula is C18H19ClFNO2. The SMILES string of the molecule is Fc1ccc(CN2CCO[C@H](COc3ccccc3)C2)cc1Cl. The zero-order valence-electron chi connectivity index (χ0n) is 12.8. The van der Waals surface area contributed by atoms with E-state index in [0.29, 0.717) is 13.2 Å². The van der Waals surface area contributed by atoms with Crippen molar-refractivity contribution in [1.29, 1.82) is 0 Å². The molecule has 3 rings (SSSR count). The molecular weight excluding hydrogens is 317 g/mol. The van der Waals surface area contributed by atoms with Gasteiger partial charge in [-0.05, 0) is 29.8 Å². The molecule has 5 heteroatoms. The Morgan fingerprint density at radius 3 is 2.83 bits per heavy atom. The highest BCUT2D eigenvalue weighted by Crippen LogP contribution is 2.18. The van der Waals surface area contributed by atoms with Crippen LogP contribution in [0.3, 0.4) is 0 Å². The lowest BCUT2D eigenvalue weighted by molar-refractivity contribution is -0.0504. The lowest BCUT2D eigenvalue weighted by atomic mass is 10.2. The molecule has 0 saturated carbocycles. The minimum absolute atomic E-state index is 0.0277. The highest BCUT2D eigenvalue weighted by molar-refractivity contribution is 6.30. The van der Waals surface area contributed by atoms with Crippen molar-refractivity contribution in [3.63, 3.8) is 0 Å². The minimum atomic E-state index is -0.383. The van der Waals surface area contributed by atoms with Crippen LogP contribution in [-0.4, -0.2) is 37.3 Å². The van der Waals surface area contributed by atoms with Crippen LogP contribution in [-0.2, 0) is 11.3 Å². The van der Waals surface area contributed by atoms with Gasteiger partial charge in [0.25, 0.3) is 0 Å². The third-order valence-electron chi connectivity index (χ3n) is 3.79. The maximum Gasteiger partial charge on any atom is 0.141 e. The smallest absolute Gasteiger partial charge is 0.141 e. The average molecular weight is 336 g/mol. The summed E-state index contributed by atoms with van der Waals surface area (Å²) >= 11 is 5.84. The number of rotatable bonds is 5. The van der Waals surface area contributed by atoms with Crippen molar-refractivity contribution >= 4 is 11.6 Å². The minimum Gasteiger partial charge on any atom is -0.491 e. The third-order valence-corrected chi connectivity index (χ3v) is 4.08. The molecule has 1 aliphatic rings. The van der Waals surface area contributed by atoms with Gasteiger partial charge in [-0.15, -0.1) is 0 Å². The highest BCUT2D eigenvalue weighted by atomic mass is 35.5. The summed E-state index contributed by atoms with van der Waals surface area (Å²) in [4.78, 5) is 2.27. The van der Waals surface area contributed by atoms with Gasteiger partial charge in [-0.3, -0.25) is 4.90 Å². The first-order valence-corrected chi connectivity index (χ1v) is 8.04. The molecule has 122 valence electrons. The van der Waals surface area contributed by atoms with E-state index < -0.39 is 0 Å². The van der Waals surface area contributed by atoms with Crippen molar-refractivity contribution in [3.05, 3.63) is 64.9 Å². The van der Waals surface area contributed by atoms with E-state index in [4.69, 9.17) is 21.1 Å². The van der Waals surface area contributed by atoms with Gasteiger partial charge in [-0.1, -0.05) is 35.9 Å². The van der Waals surface area contributed by atoms with Crippen LogP contribution in [0.1, 0.15) is 5.56 Å². The molecule has 1 saturated heterocycles. The zero-order valence-corrected chi connectivity index (χ0v) is 13.5. The average Bonchev–Trinajstić information content (AvgIpc) is 2.58. The molecule has 0 amide bonds. The lowest BCUT2D eigenvalue weighted by Gasteiger charge is -2.32. The fourth-order valence-electron chi connectivity index (χ4n) is 2.63. The van der Waals surface area contributed by atoms with E-state index in [9.17, 15) is 4.39 Å². The Kier molecular flexibility index (Phi) is 5.49. The number of ether oxygens (including phenoxy) is 2. The Hall–Kier alpha value is -1.62. The standard InChI is InChI=1S/C18H19ClFNO2/c19-17-10-14(6-7-18(17)20)11-21-8-9-22-16(12-21)13-23-15-4-2-1-3-5-15/h1-7,10,16H,8-9,11-13H2/t16-/m0/s1. The Bertz CT molecular complexity index is 638. The maximum absolute atomic E-state index is 13.2. The second-order valence-corrected chi connectivity index (χ2v) is 6.01. The first-order chi connectivity index (χ1) is 11.2. The summed E-state index contributed by atoms with van der Waals surface area (Å²) < 4.78 is 24.7. The van der Waals surface area contributed by atoms with Crippen LogP contribution < -0.4 is 4.74 Å². The lowest BCUT2D eigenvalue weighted by Crippen LogP contribution is -2.44. The molecule has 0 bridgehead atoms. The van der Waals surface area contributed by atoms with E-state index in [2.05, 4.69) is 4.90 Å². The fraction of sp³-hybridized carbons (Fsp3) is 0.333. The van der Waals surface area contributed by atoms with Crippen LogP contribution in [0, 0.1) is 5.82 Å². The largest absolute Gasteiger partial charge is 0.491 e. The van der Waals surface area contributed by atoms with Gasteiger partial charge in [0.2, 0.25) is 0 Å². The summed E-state index contributed by atoms with van der Waals surface area (Å²) in [6.45, 7) is 3.53. The van der Waals surface area contributed by atoms with E-state index in [1.807, 2.05) is 30.3 Å². The predicted molar refractivity (Wildman–Crippen MR) is 88.4 cm³/mol. The van der Waals surface area contributed by atoms with Gasteiger partial charge in [0.15, 0.2) is 0 Å². The van der Waals surface area contributed by atoms with Gasteiger partial charge in [-0.25, -0.2) is 4.39 Å². The zero-order chi connectivity index (χ0) is 16.1. The molecule has 1 fully saturated rings. The van der Waals surface area contributed by atoms with Gasteiger partial charge in [0, 0.05) is 19.6 Å². The van der Waals surface area contributed by atoms with Crippen LogP contribution in [0.15, 0.2) is 48.5 Å². The molecule has 1 aliphatic heterocycles. The van der Waals surface area contributed by atoms with E-state index in [1.165, 1.54) is 6.07 Å². The molecule has 0 radical (unpaired) electrons. The maximum atomic E-state index is 13.2. The van der Waals surface area contributed by atoms with Gasteiger partial charge >= 0.3 is 0 Å². The summed E-state index contributed by atoms with van der Waals surface area (Å²) in [7, 11) is 0. The second kappa shape index (κ2) is 7.77. The summed E-state index contributed by atoms with van der Waals surface area (Å²) in [5.41, 5.74) is 1.00. The number of halogens is 2. The molecule has 0 spiro atoms. The number of hydrogen-bond acceptors (Lipinski definition) is 3. The first-order valence-electron chi connectivity index (χ1n) is 7.66. The molecule has 3 nitrogen and oxygen atoms in total. The van der Waals surface area contributed by atoms with Gasteiger partial charge in [0.1, 0.15) is 24.3 Å². The molecule has 1 atom stereocenters.